The Morgan fingerprint density at radius 3 is 2.78 bits per heavy atom. The van der Waals surface area contributed by atoms with Crippen molar-refractivity contribution in [1.29, 1.82) is 0 Å². The fourth-order valence-electron chi connectivity index (χ4n) is 2.40. The predicted octanol–water partition coefficient (Wildman–Crippen LogP) is 0.904. The Bertz CT molecular complexity index is 499. The number of halogens is 1. The number of thiophene rings is 1. The van der Waals surface area contributed by atoms with Crippen molar-refractivity contribution >= 4 is 38.1 Å². The van der Waals surface area contributed by atoms with Crippen LogP contribution >= 0.6 is 27.3 Å². The van der Waals surface area contributed by atoms with Gasteiger partial charge in [-0.05, 0) is 15.9 Å². The van der Waals surface area contributed by atoms with E-state index in [0.29, 0.717) is 18.8 Å². The molecule has 98 valence electrons. The van der Waals surface area contributed by atoms with E-state index in [9.17, 15) is 9.90 Å². The van der Waals surface area contributed by atoms with Gasteiger partial charge in [-0.1, -0.05) is 0 Å². The predicted molar refractivity (Wildman–Crippen MR) is 72.3 cm³/mol. The van der Waals surface area contributed by atoms with E-state index in [1.54, 1.807) is 0 Å². The Morgan fingerprint density at radius 2 is 2.11 bits per heavy atom. The maximum Gasteiger partial charge on any atom is 0.196 e. The lowest BCUT2D eigenvalue weighted by molar-refractivity contribution is 0.0736. The molecule has 1 aliphatic heterocycles. The van der Waals surface area contributed by atoms with Crippen molar-refractivity contribution in [3.63, 3.8) is 0 Å². The number of nitrogens with two attached hydrogens (primary N) is 1. The fraction of sp³-hybridized carbons (Fsp3) is 0.545. The van der Waals surface area contributed by atoms with E-state index in [0.717, 1.165) is 27.4 Å². The van der Waals surface area contributed by atoms with E-state index in [1.165, 1.54) is 11.3 Å². The van der Waals surface area contributed by atoms with Crippen LogP contribution in [-0.2, 0) is 4.74 Å². The number of ether oxygens (including phenoxy) is 1. The minimum absolute atomic E-state index is 0.263. The third kappa shape index (κ3) is 1.73. The van der Waals surface area contributed by atoms with Crippen molar-refractivity contribution in [1.82, 2.24) is 0 Å². The van der Waals surface area contributed by atoms with Crippen molar-refractivity contribution < 1.29 is 14.6 Å². The molecule has 0 amide bonds. The van der Waals surface area contributed by atoms with Crippen LogP contribution in [0.5, 0.6) is 0 Å². The van der Waals surface area contributed by atoms with Crippen LogP contribution in [0.15, 0.2) is 3.79 Å². The van der Waals surface area contributed by atoms with Gasteiger partial charge in [0, 0.05) is 18.7 Å². The summed E-state index contributed by atoms with van der Waals surface area (Å²) in [7, 11) is 0. The molecule has 7 heteroatoms. The van der Waals surface area contributed by atoms with Gasteiger partial charge in [0.1, 0.15) is 11.1 Å². The molecule has 1 fully saturated rings. The minimum Gasteiger partial charge on any atom is -0.383 e. The Labute approximate surface area is 117 Å². The molecule has 0 aromatic carbocycles. The molecule has 2 atom stereocenters. The molecule has 3 N–H and O–H groups in total. The molecule has 0 spiro atoms. The van der Waals surface area contributed by atoms with Gasteiger partial charge in [0.05, 0.1) is 28.6 Å². The fourth-order valence-corrected chi connectivity index (χ4v) is 4.46. The van der Waals surface area contributed by atoms with Gasteiger partial charge >= 0.3 is 0 Å². The highest BCUT2D eigenvalue weighted by Crippen LogP contribution is 2.47. The molecule has 0 bridgehead atoms. The highest BCUT2D eigenvalue weighted by Gasteiger charge is 2.42. The molecule has 2 aliphatic rings. The zero-order valence-electron chi connectivity index (χ0n) is 9.56. The van der Waals surface area contributed by atoms with Gasteiger partial charge in [0.15, 0.2) is 5.78 Å². The van der Waals surface area contributed by atoms with Crippen LogP contribution in [0, 0.1) is 0 Å². The second-order valence-electron chi connectivity index (χ2n) is 4.40. The first-order valence-electron chi connectivity index (χ1n) is 5.74. The summed E-state index contributed by atoms with van der Waals surface area (Å²) >= 11 is 4.96. The van der Waals surface area contributed by atoms with Crippen LogP contribution in [0.3, 0.4) is 0 Å². The lowest BCUT2D eigenvalue weighted by Gasteiger charge is -2.28. The van der Waals surface area contributed by atoms with Gasteiger partial charge in [-0.2, -0.15) is 0 Å². The summed E-state index contributed by atoms with van der Waals surface area (Å²) in [5, 5.41) is 10.7. The van der Waals surface area contributed by atoms with Gasteiger partial charge in [-0.25, -0.2) is 0 Å². The number of hydrogen-bond acceptors (Lipinski definition) is 6. The number of anilines is 1. The molecule has 1 aromatic heterocycles. The number of ketones is 1. The third-order valence-corrected chi connectivity index (χ3v) is 5.34. The van der Waals surface area contributed by atoms with Gasteiger partial charge in [0.2, 0.25) is 0 Å². The van der Waals surface area contributed by atoms with E-state index in [2.05, 4.69) is 20.8 Å². The Balaban J connectivity index is 2.05. The standard InChI is InChI=1S/C11H13BrN2O3S/c12-10-5-6(8(15)9(16)7(5)13)11(18-10)14-1-3-17-4-2-14/h7,9,16H,1-4,13H2/t7-,9-/m1/s1. The van der Waals surface area contributed by atoms with E-state index in [1.807, 2.05) is 0 Å². The molecular formula is C11H13BrN2O3S. The Morgan fingerprint density at radius 1 is 1.44 bits per heavy atom. The van der Waals surface area contributed by atoms with Gasteiger partial charge in [0.25, 0.3) is 0 Å². The lowest BCUT2D eigenvalue weighted by atomic mass is 10.2. The van der Waals surface area contributed by atoms with E-state index in [4.69, 9.17) is 10.5 Å². The Hall–Kier alpha value is -0.470. The Kier molecular flexibility index (Phi) is 3.19. The molecular weight excluding hydrogens is 320 g/mol. The zero-order chi connectivity index (χ0) is 12.9. The summed E-state index contributed by atoms with van der Waals surface area (Å²) in [6.45, 7) is 2.84. The highest BCUT2D eigenvalue weighted by atomic mass is 79.9. The summed E-state index contributed by atoms with van der Waals surface area (Å²) in [6, 6.07) is -0.618. The third-order valence-electron chi connectivity index (χ3n) is 3.37. The zero-order valence-corrected chi connectivity index (χ0v) is 12.0. The maximum atomic E-state index is 12.1. The first-order chi connectivity index (χ1) is 8.61. The van der Waals surface area contributed by atoms with Gasteiger partial charge in [-0.3, -0.25) is 4.79 Å². The van der Waals surface area contributed by atoms with Crippen LogP contribution in [0.2, 0.25) is 0 Å². The largest absolute Gasteiger partial charge is 0.383 e. The number of Topliss-reactive ketones (excluding diaryl/α,β-unsaturated/α-hetero) is 1. The normalized spacial score (nSPS) is 27.7. The molecule has 2 heterocycles. The average Bonchev–Trinajstić information content (AvgIpc) is 2.84. The van der Waals surface area contributed by atoms with Crippen molar-refractivity contribution in [3.8, 4) is 0 Å². The SMILES string of the molecule is N[C@@H]1c2c(Br)sc(N3CCOCC3)c2C(=O)[C@@H]1O. The van der Waals surface area contributed by atoms with Crippen molar-refractivity contribution in [2.75, 3.05) is 31.2 Å². The van der Waals surface area contributed by atoms with E-state index < -0.39 is 12.1 Å². The van der Waals surface area contributed by atoms with Crippen LogP contribution in [0.1, 0.15) is 22.0 Å². The van der Waals surface area contributed by atoms with E-state index >= 15 is 0 Å². The summed E-state index contributed by atoms with van der Waals surface area (Å²) < 4.78 is 6.15. The quantitative estimate of drug-likeness (QED) is 0.799. The number of aliphatic hydroxyl groups excluding tert-OH is 1. The minimum atomic E-state index is -1.11. The summed E-state index contributed by atoms with van der Waals surface area (Å²) in [5.41, 5.74) is 7.23. The summed E-state index contributed by atoms with van der Waals surface area (Å²) in [6.07, 6.45) is -1.11. The van der Waals surface area contributed by atoms with Crippen LogP contribution in [0.25, 0.3) is 0 Å². The average molecular weight is 333 g/mol. The van der Waals surface area contributed by atoms with Crippen LogP contribution in [-0.4, -0.2) is 43.3 Å². The number of carbonyl (C=O) groups is 1. The molecule has 0 saturated carbocycles. The molecule has 0 unspecified atom stereocenters. The molecule has 5 nitrogen and oxygen atoms in total. The number of fused-ring (bicyclic) bond motifs is 1. The summed E-state index contributed by atoms with van der Waals surface area (Å²) in [4.78, 5) is 14.2. The molecule has 18 heavy (non-hydrogen) atoms. The number of carbonyl (C=O) groups excluding carboxylic acids is 1. The lowest BCUT2D eigenvalue weighted by Crippen LogP contribution is -2.36. The first kappa shape index (κ1) is 12.6. The molecule has 3 rings (SSSR count). The number of nitrogens with zero attached hydrogens (tertiary/aromatic N) is 1. The maximum absolute atomic E-state index is 12.1. The van der Waals surface area contributed by atoms with Crippen LogP contribution in [0.4, 0.5) is 5.00 Å². The van der Waals surface area contributed by atoms with Crippen molar-refractivity contribution in [3.05, 3.63) is 14.9 Å². The monoisotopic (exact) mass is 332 g/mol. The number of morpholine rings is 1. The number of aliphatic hydroxyl groups is 1. The molecule has 1 saturated heterocycles. The van der Waals surface area contributed by atoms with Gasteiger partial charge < -0.3 is 20.5 Å². The second kappa shape index (κ2) is 4.57. The molecule has 0 radical (unpaired) electrons. The van der Waals surface area contributed by atoms with Crippen molar-refractivity contribution in [2.45, 2.75) is 12.1 Å². The van der Waals surface area contributed by atoms with Crippen molar-refractivity contribution in [2.24, 2.45) is 5.73 Å². The number of hydrogen-bond donors (Lipinski definition) is 2. The van der Waals surface area contributed by atoms with Crippen LogP contribution < -0.4 is 10.6 Å². The highest BCUT2D eigenvalue weighted by molar-refractivity contribution is 9.11. The smallest absolute Gasteiger partial charge is 0.196 e. The number of rotatable bonds is 1. The topological polar surface area (TPSA) is 75.8 Å². The molecule has 1 aliphatic carbocycles. The molecule has 1 aromatic rings. The second-order valence-corrected chi connectivity index (χ2v) is 6.72. The first-order valence-corrected chi connectivity index (χ1v) is 7.35. The summed E-state index contributed by atoms with van der Waals surface area (Å²) in [5.74, 6) is -0.263. The van der Waals surface area contributed by atoms with Gasteiger partial charge in [-0.15, -0.1) is 11.3 Å². The van der Waals surface area contributed by atoms with E-state index in [-0.39, 0.29) is 5.78 Å².